The maximum Gasteiger partial charge on any atom is 0.254 e. The van der Waals surface area contributed by atoms with Crippen molar-refractivity contribution in [2.24, 2.45) is 5.92 Å². The predicted octanol–water partition coefficient (Wildman–Crippen LogP) is 2.75. The first-order valence-corrected chi connectivity index (χ1v) is 8.85. The molecule has 3 rings (SSSR count). The number of hydrogen-bond acceptors (Lipinski definition) is 4. The van der Waals surface area contributed by atoms with Crippen LogP contribution < -0.4 is 0 Å². The van der Waals surface area contributed by atoms with Gasteiger partial charge in [0, 0.05) is 12.6 Å². The topological polar surface area (TPSA) is 50.3 Å². The fraction of sp³-hybridized carbons (Fsp3) is 0.727. The van der Waals surface area contributed by atoms with Crippen LogP contribution in [0.15, 0.2) is 10.4 Å². The van der Waals surface area contributed by atoms with E-state index in [4.69, 9.17) is 11.6 Å². The zero-order valence-electron chi connectivity index (χ0n) is 9.88. The van der Waals surface area contributed by atoms with Gasteiger partial charge in [-0.1, -0.05) is 35.8 Å². The number of hydrogen-bond donors (Lipinski definition) is 0. The molecule has 0 spiro atoms. The SMILES string of the molecule is O=S(=O)(c1cnc(Cl)s1)N1CCC2CCCCC21. The molecule has 0 aromatic carbocycles. The van der Waals surface area contributed by atoms with Gasteiger partial charge >= 0.3 is 0 Å². The molecule has 2 aliphatic rings. The van der Waals surface area contributed by atoms with E-state index in [1.165, 1.54) is 19.0 Å². The van der Waals surface area contributed by atoms with Crippen LogP contribution >= 0.6 is 22.9 Å². The Balaban J connectivity index is 1.90. The number of sulfonamides is 1. The van der Waals surface area contributed by atoms with Crippen molar-refractivity contribution in [2.45, 2.75) is 42.4 Å². The maximum absolute atomic E-state index is 12.5. The number of rotatable bonds is 2. The van der Waals surface area contributed by atoms with E-state index in [0.717, 1.165) is 30.6 Å². The average molecular weight is 307 g/mol. The number of thiazole rings is 1. The normalized spacial score (nSPS) is 29.4. The van der Waals surface area contributed by atoms with Crippen LogP contribution in [-0.2, 0) is 10.0 Å². The highest BCUT2D eigenvalue weighted by Crippen LogP contribution is 2.40. The standard InChI is InChI=1S/C11H15ClN2O2S2/c12-11-13-7-10(17-11)18(15,16)14-6-5-8-3-1-2-4-9(8)14/h7-9H,1-6H2. The molecule has 2 fully saturated rings. The molecule has 2 heterocycles. The quantitative estimate of drug-likeness (QED) is 0.844. The van der Waals surface area contributed by atoms with Gasteiger partial charge in [0.05, 0.1) is 6.20 Å². The molecule has 2 atom stereocenters. The fourth-order valence-electron chi connectivity index (χ4n) is 3.14. The minimum absolute atomic E-state index is 0.199. The van der Waals surface area contributed by atoms with E-state index < -0.39 is 10.0 Å². The van der Waals surface area contributed by atoms with E-state index in [1.807, 2.05) is 0 Å². The number of halogens is 1. The largest absolute Gasteiger partial charge is 0.254 e. The lowest BCUT2D eigenvalue weighted by Crippen LogP contribution is -2.38. The summed E-state index contributed by atoms with van der Waals surface area (Å²) in [6.07, 6.45) is 6.91. The highest BCUT2D eigenvalue weighted by molar-refractivity contribution is 7.91. The summed E-state index contributed by atoms with van der Waals surface area (Å²) in [6.45, 7) is 0.646. The van der Waals surface area contributed by atoms with Crippen LogP contribution in [0, 0.1) is 5.92 Å². The summed E-state index contributed by atoms with van der Waals surface area (Å²) >= 11 is 6.78. The van der Waals surface area contributed by atoms with Gasteiger partial charge in [-0.05, 0) is 25.2 Å². The molecule has 100 valence electrons. The highest BCUT2D eigenvalue weighted by Gasteiger charge is 2.42. The molecule has 2 unspecified atom stereocenters. The minimum Gasteiger partial charge on any atom is -0.232 e. The van der Waals surface area contributed by atoms with Gasteiger partial charge in [0.2, 0.25) is 0 Å². The van der Waals surface area contributed by atoms with Gasteiger partial charge in [0.15, 0.2) is 8.68 Å². The van der Waals surface area contributed by atoms with E-state index in [9.17, 15) is 8.42 Å². The molecule has 1 aliphatic carbocycles. The summed E-state index contributed by atoms with van der Waals surface area (Å²) in [7, 11) is -3.38. The van der Waals surface area contributed by atoms with Crippen LogP contribution in [-0.4, -0.2) is 30.3 Å². The third-order valence-electron chi connectivity index (χ3n) is 3.98. The molecule has 0 bridgehead atoms. The van der Waals surface area contributed by atoms with Crippen LogP contribution in [0.5, 0.6) is 0 Å². The zero-order valence-corrected chi connectivity index (χ0v) is 12.3. The van der Waals surface area contributed by atoms with Gasteiger partial charge < -0.3 is 0 Å². The Bertz CT molecular complexity index is 543. The highest BCUT2D eigenvalue weighted by atomic mass is 35.5. The van der Waals surface area contributed by atoms with Crippen molar-refractivity contribution in [3.63, 3.8) is 0 Å². The Morgan fingerprint density at radius 1 is 1.33 bits per heavy atom. The van der Waals surface area contributed by atoms with Crippen molar-refractivity contribution in [3.05, 3.63) is 10.7 Å². The molecule has 1 saturated carbocycles. The Labute approximate surface area is 116 Å². The predicted molar refractivity (Wildman–Crippen MR) is 71.4 cm³/mol. The molecule has 4 nitrogen and oxygen atoms in total. The summed E-state index contributed by atoms with van der Waals surface area (Å²) in [5, 5.41) is 0. The summed E-state index contributed by atoms with van der Waals surface area (Å²) in [4.78, 5) is 3.84. The molecule has 1 aromatic rings. The molecule has 0 N–H and O–H groups in total. The number of nitrogens with zero attached hydrogens (tertiary/aromatic N) is 2. The van der Waals surface area contributed by atoms with Gasteiger partial charge in [0.1, 0.15) is 0 Å². The zero-order chi connectivity index (χ0) is 12.8. The number of aromatic nitrogens is 1. The second kappa shape index (κ2) is 4.74. The van der Waals surface area contributed by atoms with E-state index in [-0.39, 0.29) is 14.7 Å². The molecule has 0 radical (unpaired) electrons. The molecular formula is C11H15ClN2O2S2. The van der Waals surface area contributed by atoms with Crippen molar-refractivity contribution in [3.8, 4) is 0 Å². The van der Waals surface area contributed by atoms with Crippen molar-refractivity contribution >= 4 is 33.0 Å². The molecule has 1 aliphatic heterocycles. The molecule has 7 heteroatoms. The van der Waals surface area contributed by atoms with E-state index >= 15 is 0 Å². The van der Waals surface area contributed by atoms with Crippen LogP contribution in [0.25, 0.3) is 0 Å². The molecular weight excluding hydrogens is 292 g/mol. The fourth-order valence-corrected chi connectivity index (χ4v) is 6.29. The minimum atomic E-state index is -3.38. The first-order chi connectivity index (χ1) is 8.59. The summed E-state index contributed by atoms with van der Waals surface area (Å²) in [5.74, 6) is 0.553. The van der Waals surface area contributed by atoms with Crippen molar-refractivity contribution in [1.29, 1.82) is 0 Å². The monoisotopic (exact) mass is 306 g/mol. The molecule has 18 heavy (non-hydrogen) atoms. The maximum atomic E-state index is 12.5. The summed E-state index contributed by atoms with van der Waals surface area (Å²) in [5.41, 5.74) is 0. The first-order valence-electron chi connectivity index (χ1n) is 6.22. The third-order valence-corrected chi connectivity index (χ3v) is 7.45. The number of fused-ring (bicyclic) bond motifs is 1. The van der Waals surface area contributed by atoms with Gasteiger partial charge in [-0.25, -0.2) is 13.4 Å². The summed E-state index contributed by atoms with van der Waals surface area (Å²) < 4.78 is 27.3. The van der Waals surface area contributed by atoms with Crippen molar-refractivity contribution < 1.29 is 8.42 Å². The Morgan fingerprint density at radius 3 is 2.83 bits per heavy atom. The lowest BCUT2D eigenvalue weighted by atomic mass is 9.86. The van der Waals surface area contributed by atoms with E-state index in [2.05, 4.69) is 4.98 Å². The van der Waals surface area contributed by atoms with Crippen LogP contribution in [0.1, 0.15) is 32.1 Å². The molecule has 1 saturated heterocycles. The van der Waals surface area contributed by atoms with E-state index in [1.54, 1.807) is 4.31 Å². The molecule has 1 aromatic heterocycles. The van der Waals surface area contributed by atoms with Gasteiger partial charge in [0.25, 0.3) is 10.0 Å². The third kappa shape index (κ3) is 2.09. The van der Waals surface area contributed by atoms with Gasteiger partial charge in [-0.2, -0.15) is 4.31 Å². The van der Waals surface area contributed by atoms with Crippen LogP contribution in [0.4, 0.5) is 0 Å². The van der Waals surface area contributed by atoms with Crippen LogP contribution in [0.2, 0.25) is 4.47 Å². The average Bonchev–Trinajstić information content (AvgIpc) is 2.95. The van der Waals surface area contributed by atoms with Crippen LogP contribution in [0.3, 0.4) is 0 Å². The Morgan fingerprint density at radius 2 is 2.11 bits per heavy atom. The second-order valence-electron chi connectivity index (χ2n) is 4.95. The Kier molecular flexibility index (Phi) is 3.38. The Hall–Kier alpha value is -0.170. The van der Waals surface area contributed by atoms with Crippen molar-refractivity contribution in [1.82, 2.24) is 9.29 Å². The first kappa shape index (κ1) is 12.8. The summed E-state index contributed by atoms with van der Waals surface area (Å²) in [6, 6.07) is 0.199. The molecule has 0 amide bonds. The van der Waals surface area contributed by atoms with Gasteiger partial charge in [-0.15, -0.1) is 0 Å². The smallest absolute Gasteiger partial charge is 0.232 e. The lowest BCUT2D eigenvalue weighted by molar-refractivity contribution is 0.260. The second-order valence-corrected chi connectivity index (χ2v) is 8.68. The van der Waals surface area contributed by atoms with E-state index in [0.29, 0.717) is 12.5 Å². The van der Waals surface area contributed by atoms with Gasteiger partial charge in [-0.3, -0.25) is 0 Å². The van der Waals surface area contributed by atoms with Crippen molar-refractivity contribution in [2.75, 3.05) is 6.54 Å². The lowest BCUT2D eigenvalue weighted by Gasteiger charge is -2.30.